The van der Waals surface area contributed by atoms with Crippen LogP contribution >= 0.6 is 0 Å². The molecule has 1 fully saturated rings. The average Bonchev–Trinajstić information content (AvgIpc) is 2.81. The van der Waals surface area contributed by atoms with Gasteiger partial charge < -0.3 is 19.7 Å². The van der Waals surface area contributed by atoms with Crippen molar-refractivity contribution in [2.45, 2.75) is 20.0 Å². The molecule has 32 heavy (non-hydrogen) atoms. The van der Waals surface area contributed by atoms with Crippen molar-refractivity contribution >= 4 is 29.7 Å². The highest BCUT2D eigenvalue weighted by atomic mass is 16.5. The standard InChI is InChI=1S/C23H27N7O2/c1-17(2)32-20-11-7-6-8-18(20)16-24-29-22-26-21(25-19-9-4-3-5-10-19)27-23(28-22)30-12-14-31-15-13-30/h3-11,16-17H,12-15H2,1-2H3,(H2,25,26,27,28,29)/b24-16-. The van der Waals surface area contributed by atoms with Crippen LogP contribution in [0.4, 0.5) is 23.5 Å². The van der Waals surface area contributed by atoms with Crippen molar-refractivity contribution in [2.24, 2.45) is 5.10 Å². The van der Waals surface area contributed by atoms with Crippen LogP contribution in [0.5, 0.6) is 5.75 Å². The maximum atomic E-state index is 5.84. The number of rotatable bonds is 8. The van der Waals surface area contributed by atoms with Crippen LogP contribution in [-0.2, 0) is 4.74 Å². The van der Waals surface area contributed by atoms with E-state index in [0.29, 0.717) is 31.1 Å². The van der Waals surface area contributed by atoms with Gasteiger partial charge in [0.15, 0.2) is 0 Å². The van der Waals surface area contributed by atoms with Crippen molar-refractivity contribution in [3.8, 4) is 5.75 Å². The van der Waals surface area contributed by atoms with E-state index in [-0.39, 0.29) is 6.10 Å². The Hall–Kier alpha value is -3.72. The fourth-order valence-corrected chi connectivity index (χ4v) is 3.13. The van der Waals surface area contributed by atoms with Crippen LogP contribution in [0.25, 0.3) is 0 Å². The molecule has 166 valence electrons. The third-order valence-electron chi connectivity index (χ3n) is 4.60. The molecule has 2 heterocycles. The van der Waals surface area contributed by atoms with Gasteiger partial charge in [0.1, 0.15) is 5.75 Å². The van der Waals surface area contributed by atoms with E-state index < -0.39 is 0 Å². The Kier molecular flexibility index (Phi) is 7.08. The third-order valence-corrected chi connectivity index (χ3v) is 4.60. The molecule has 0 unspecified atom stereocenters. The van der Waals surface area contributed by atoms with Gasteiger partial charge in [-0.15, -0.1) is 0 Å². The molecule has 9 heteroatoms. The Morgan fingerprint density at radius 3 is 2.47 bits per heavy atom. The second kappa shape index (κ2) is 10.5. The number of hydrogen-bond acceptors (Lipinski definition) is 9. The highest BCUT2D eigenvalue weighted by molar-refractivity contribution is 5.83. The van der Waals surface area contributed by atoms with E-state index in [4.69, 9.17) is 9.47 Å². The van der Waals surface area contributed by atoms with Crippen LogP contribution in [0.3, 0.4) is 0 Å². The van der Waals surface area contributed by atoms with Gasteiger partial charge in [-0.1, -0.05) is 30.3 Å². The van der Waals surface area contributed by atoms with Crippen LogP contribution in [0.2, 0.25) is 0 Å². The van der Waals surface area contributed by atoms with Gasteiger partial charge in [-0.05, 0) is 38.1 Å². The molecule has 4 rings (SSSR count). The predicted molar refractivity (Wildman–Crippen MR) is 126 cm³/mol. The summed E-state index contributed by atoms with van der Waals surface area (Å²) in [6.45, 7) is 6.70. The van der Waals surface area contributed by atoms with E-state index in [9.17, 15) is 0 Å². The molecule has 3 aromatic rings. The maximum absolute atomic E-state index is 5.84. The van der Waals surface area contributed by atoms with Gasteiger partial charge in [0.05, 0.1) is 25.5 Å². The van der Waals surface area contributed by atoms with Gasteiger partial charge in [0.25, 0.3) is 0 Å². The lowest BCUT2D eigenvalue weighted by molar-refractivity contribution is 0.122. The molecule has 0 spiro atoms. The van der Waals surface area contributed by atoms with E-state index in [1.807, 2.05) is 68.4 Å². The Bertz CT molecular complexity index is 1040. The first-order valence-corrected chi connectivity index (χ1v) is 10.6. The minimum atomic E-state index is 0.0729. The Balaban J connectivity index is 1.55. The summed E-state index contributed by atoms with van der Waals surface area (Å²) in [6.07, 6.45) is 1.77. The summed E-state index contributed by atoms with van der Waals surface area (Å²) in [5, 5.41) is 7.57. The van der Waals surface area contributed by atoms with E-state index in [0.717, 1.165) is 30.1 Å². The lowest BCUT2D eigenvalue weighted by Crippen LogP contribution is -2.37. The van der Waals surface area contributed by atoms with Gasteiger partial charge in [0, 0.05) is 24.3 Å². The molecule has 9 nitrogen and oxygen atoms in total. The van der Waals surface area contributed by atoms with Crippen molar-refractivity contribution in [1.82, 2.24) is 15.0 Å². The van der Waals surface area contributed by atoms with Crippen molar-refractivity contribution < 1.29 is 9.47 Å². The normalized spacial score (nSPS) is 14.0. The summed E-state index contributed by atoms with van der Waals surface area (Å²) in [6, 6.07) is 17.5. The molecule has 2 aromatic carbocycles. The number of para-hydroxylation sites is 2. The summed E-state index contributed by atoms with van der Waals surface area (Å²) < 4.78 is 11.3. The van der Waals surface area contributed by atoms with Crippen LogP contribution in [-0.4, -0.2) is 53.6 Å². The van der Waals surface area contributed by atoms with Crippen molar-refractivity contribution in [2.75, 3.05) is 41.9 Å². The smallest absolute Gasteiger partial charge is 0.250 e. The Labute approximate surface area is 187 Å². The summed E-state index contributed by atoms with van der Waals surface area (Å²) in [5.41, 5.74) is 4.68. The first kappa shape index (κ1) is 21.5. The fourth-order valence-electron chi connectivity index (χ4n) is 3.13. The van der Waals surface area contributed by atoms with Crippen molar-refractivity contribution in [1.29, 1.82) is 0 Å². The first-order chi connectivity index (χ1) is 15.7. The number of anilines is 4. The average molecular weight is 434 g/mol. The Morgan fingerprint density at radius 1 is 0.969 bits per heavy atom. The zero-order valence-corrected chi connectivity index (χ0v) is 18.2. The summed E-state index contributed by atoms with van der Waals surface area (Å²) in [4.78, 5) is 15.7. The minimum absolute atomic E-state index is 0.0729. The number of hydrazone groups is 1. The summed E-state index contributed by atoms with van der Waals surface area (Å²) in [7, 11) is 0. The number of aromatic nitrogens is 3. The number of nitrogens with one attached hydrogen (secondary N) is 2. The monoisotopic (exact) mass is 433 g/mol. The van der Waals surface area contributed by atoms with Crippen molar-refractivity contribution in [3.05, 3.63) is 60.2 Å². The second-order valence-electron chi connectivity index (χ2n) is 7.45. The van der Waals surface area contributed by atoms with Gasteiger partial charge in [-0.2, -0.15) is 20.1 Å². The Morgan fingerprint density at radius 2 is 1.69 bits per heavy atom. The summed E-state index contributed by atoms with van der Waals surface area (Å²) in [5.74, 6) is 2.12. The van der Waals surface area contributed by atoms with Crippen LogP contribution < -0.4 is 20.4 Å². The second-order valence-corrected chi connectivity index (χ2v) is 7.45. The number of nitrogens with zero attached hydrogens (tertiary/aromatic N) is 5. The number of ether oxygens (including phenoxy) is 2. The predicted octanol–water partition coefficient (Wildman–Crippen LogP) is 3.69. The molecule has 1 saturated heterocycles. The number of benzene rings is 2. The SMILES string of the molecule is CC(C)Oc1ccccc1/C=N\Nc1nc(Nc2ccccc2)nc(N2CCOCC2)n1. The first-order valence-electron chi connectivity index (χ1n) is 10.6. The van der Waals surface area contributed by atoms with Gasteiger partial charge >= 0.3 is 0 Å². The largest absolute Gasteiger partial charge is 0.490 e. The summed E-state index contributed by atoms with van der Waals surface area (Å²) >= 11 is 0. The van der Waals surface area contributed by atoms with Gasteiger partial charge in [-0.3, -0.25) is 0 Å². The number of morpholine rings is 1. The van der Waals surface area contributed by atoms with Crippen LogP contribution in [0.15, 0.2) is 59.7 Å². The highest BCUT2D eigenvalue weighted by Crippen LogP contribution is 2.20. The molecule has 1 aromatic heterocycles. The fraction of sp³-hybridized carbons (Fsp3) is 0.304. The lowest BCUT2D eigenvalue weighted by atomic mass is 10.2. The molecule has 1 aliphatic rings. The molecule has 0 bridgehead atoms. The zero-order chi connectivity index (χ0) is 22.2. The quantitative estimate of drug-likeness (QED) is 0.410. The highest BCUT2D eigenvalue weighted by Gasteiger charge is 2.16. The van der Waals surface area contributed by atoms with Crippen LogP contribution in [0.1, 0.15) is 19.4 Å². The molecule has 0 radical (unpaired) electrons. The lowest BCUT2D eigenvalue weighted by Gasteiger charge is -2.27. The third kappa shape index (κ3) is 5.92. The van der Waals surface area contributed by atoms with E-state index in [1.54, 1.807) is 6.21 Å². The maximum Gasteiger partial charge on any atom is 0.250 e. The molecule has 0 atom stereocenters. The van der Waals surface area contributed by atoms with Gasteiger partial charge in [-0.25, -0.2) is 5.43 Å². The zero-order valence-electron chi connectivity index (χ0n) is 18.2. The minimum Gasteiger partial charge on any atom is -0.490 e. The topological polar surface area (TPSA) is 96.8 Å². The molecule has 1 aliphatic heterocycles. The molecular weight excluding hydrogens is 406 g/mol. The molecule has 2 N–H and O–H groups in total. The number of hydrogen-bond donors (Lipinski definition) is 2. The van der Waals surface area contributed by atoms with Crippen LogP contribution in [0, 0.1) is 0 Å². The molecule has 0 saturated carbocycles. The van der Waals surface area contributed by atoms with Crippen molar-refractivity contribution in [3.63, 3.8) is 0 Å². The van der Waals surface area contributed by atoms with Gasteiger partial charge in [0.2, 0.25) is 17.8 Å². The van der Waals surface area contributed by atoms with E-state index >= 15 is 0 Å². The molecule has 0 amide bonds. The molecule has 0 aliphatic carbocycles. The van der Waals surface area contributed by atoms with E-state index in [2.05, 4.69) is 35.7 Å². The van der Waals surface area contributed by atoms with E-state index in [1.165, 1.54) is 0 Å². The molecular formula is C23H27N7O2.